The molecule has 0 aromatic carbocycles. The molecule has 0 amide bonds. The molecule has 0 N–H and O–H groups in total. The first-order valence-corrected chi connectivity index (χ1v) is 4.87. The second-order valence-electron chi connectivity index (χ2n) is 4.17. The first kappa shape index (κ1) is 22.4. The number of halogens is 10. The zero-order valence-electron chi connectivity index (χ0n) is 10.6. The molecule has 0 radical (unpaired) electrons. The quantitative estimate of drug-likeness (QED) is 0.337. The Bertz CT molecular complexity index is 438. The van der Waals surface area contributed by atoms with E-state index in [1.165, 1.54) is 0 Å². The second-order valence-corrected chi connectivity index (χ2v) is 4.17. The van der Waals surface area contributed by atoms with Gasteiger partial charge in [-0.3, -0.25) is 0 Å². The Morgan fingerprint density at radius 2 is 1.09 bits per heavy atom. The Morgan fingerprint density at radius 1 is 0.818 bits per heavy atom. The molecule has 1 unspecified atom stereocenters. The van der Waals surface area contributed by atoms with Crippen LogP contribution in [0.25, 0.3) is 0 Å². The molecule has 1 aliphatic rings. The van der Waals surface area contributed by atoms with Crippen molar-refractivity contribution in [3.05, 3.63) is 0 Å². The van der Waals surface area contributed by atoms with E-state index in [9.17, 15) is 53.8 Å². The van der Waals surface area contributed by atoms with Crippen molar-refractivity contribution >= 4 is 5.97 Å². The molecule has 0 bridgehead atoms. The molecule has 1 fully saturated rings. The average molecular weight is 375 g/mol. The van der Waals surface area contributed by atoms with Gasteiger partial charge in [0.25, 0.3) is 0 Å². The van der Waals surface area contributed by atoms with Gasteiger partial charge in [-0.05, 0) is 6.92 Å². The number of carbonyl (C=O) groups is 1. The minimum absolute atomic E-state index is 0. The Labute approximate surface area is 158 Å². The topological polar surface area (TPSA) is 43.4 Å². The molecule has 0 aromatic rings. The third-order valence-corrected chi connectivity index (χ3v) is 2.88. The molecule has 3 nitrogen and oxygen atoms in total. The predicted molar refractivity (Wildman–Crippen MR) is 41.0 cm³/mol. The number of aliphatic carboxylic acids is 1. The normalized spacial score (nSPS) is 29.2. The summed E-state index contributed by atoms with van der Waals surface area (Å²) in [5.41, 5.74) is 0. The van der Waals surface area contributed by atoms with Crippen molar-refractivity contribution in [2.75, 3.05) is 0 Å². The van der Waals surface area contributed by atoms with Crippen LogP contribution in [0.15, 0.2) is 0 Å². The number of hydrogen-bond acceptors (Lipinski definition) is 3. The van der Waals surface area contributed by atoms with Crippen LogP contribution >= 0.6 is 0 Å². The first-order chi connectivity index (χ1) is 8.98. The summed E-state index contributed by atoms with van der Waals surface area (Å²) in [4.78, 5) is 7.78. The van der Waals surface area contributed by atoms with Gasteiger partial charge in [-0.15, -0.1) is 0 Å². The minimum atomic E-state index is -7.13. The van der Waals surface area contributed by atoms with Crippen molar-refractivity contribution in [3.8, 4) is 0 Å². The molecule has 0 spiro atoms. The zero-order valence-corrected chi connectivity index (χ0v) is 13.7. The SMILES string of the molecule is CC(C(=O)[O-])N1C(F)(F)C(F)(F)C(F)(F)C(F)(F)C1(F)F.[K+]. The van der Waals surface area contributed by atoms with Crippen molar-refractivity contribution in [2.45, 2.75) is 42.8 Å². The molecule has 1 aliphatic heterocycles. The van der Waals surface area contributed by atoms with Crippen LogP contribution in [0.3, 0.4) is 0 Å². The molecule has 0 aromatic heterocycles. The van der Waals surface area contributed by atoms with Crippen LogP contribution in [0.4, 0.5) is 43.9 Å². The molecule has 1 saturated heterocycles. The first-order valence-electron chi connectivity index (χ1n) is 4.87. The van der Waals surface area contributed by atoms with E-state index in [1.54, 1.807) is 0 Å². The summed E-state index contributed by atoms with van der Waals surface area (Å²) >= 11 is 0. The molecule has 22 heavy (non-hydrogen) atoms. The van der Waals surface area contributed by atoms with E-state index in [-0.39, 0.29) is 58.3 Å². The van der Waals surface area contributed by atoms with E-state index in [2.05, 4.69) is 0 Å². The monoisotopic (exact) mass is 375 g/mol. The number of alkyl halides is 10. The van der Waals surface area contributed by atoms with E-state index in [1.807, 2.05) is 0 Å². The molecule has 1 heterocycles. The summed E-state index contributed by atoms with van der Waals surface area (Å²) < 4.78 is 130. The molecule has 1 atom stereocenters. The van der Waals surface area contributed by atoms with E-state index in [0.717, 1.165) is 0 Å². The number of likely N-dealkylation sites (tertiary alicyclic amines) is 1. The van der Waals surface area contributed by atoms with Crippen LogP contribution in [0.1, 0.15) is 6.92 Å². The van der Waals surface area contributed by atoms with Gasteiger partial charge in [-0.25, -0.2) is 0 Å². The number of nitrogens with zero attached hydrogens (tertiary/aromatic N) is 1. The van der Waals surface area contributed by atoms with Crippen molar-refractivity contribution < 1.29 is 105 Å². The maximum Gasteiger partial charge on any atom is 1.00 e. The van der Waals surface area contributed by atoms with Gasteiger partial charge in [0, 0.05) is 0 Å². The van der Waals surface area contributed by atoms with Crippen molar-refractivity contribution in [3.63, 3.8) is 0 Å². The summed E-state index contributed by atoms with van der Waals surface area (Å²) in [6, 6.07) is -16.6. The summed E-state index contributed by atoms with van der Waals surface area (Å²) in [6.07, 6.45) is 0. The van der Waals surface area contributed by atoms with Crippen LogP contribution in [-0.2, 0) is 4.79 Å². The van der Waals surface area contributed by atoms with Gasteiger partial charge in [-0.1, -0.05) is 0 Å². The summed E-state index contributed by atoms with van der Waals surface area (Å²) in [5, 5.41) is 10.3. The number of carbonyl (C=O) groups excluding carboxylic acids is 1. The number of carboxylic acids is 1. The Hall–Kier alpha value is 0.366. The third-order valence-electron chi connectivity index (χ3n) is 2.88. The van der Waals surface area contributed by atoms with E-state index >= 15 is 0 Å². The molecule has 1 rings (SSSR count). The summed E-state index contributed by atoms with van der Waals surface area (Å²) in [7, 11) is 0. The minimum Gasteiger partial charge on any atom is -0.548 e. The molecule has 0 aliphatic carbocycles. The van der Waals surface area contributed by atoms with Crippen molar-refractivity contribution in [1.82, 2.24) is 4.90 Å². The van der Waals surface area contributed by atoms with Crippen LogP contribution < -0.4 is 56.5 Å². The molecule has 14 heteroatoms. The predicted octanol–water partition coefficient (Wildman–Crippen LogP) is -1.46. The van der Waals surface area contributed by atoms with Gasteiger partial charge in [-0.2, -0.15) is 48.8 Å². The maximum atomic E-state index is 13.2. The largest absolute Gasteiger partial charge is 1.00 e. The molecular weight excluding hydrogens is 371 g/mol. The fourth-order valence-electron chi connectivity index (χ4n) is 1.65. The summed E-state index contributed by atoms with van der Waals surface area (Å²) in [5.74, 6) is -23.9. The Balaban J connectivity index is 0.00000441. The standard InChI is InChI=1S/C8H5F10NO2.K/c1-2(3(20)21)19-7(15,16)5(11,12)4(9,10)6(13,14)8(19,17)18;/h2H,1H3,(H,20,21);/q;+1/p-1. The molecular formula is C8H4F10KNO2. The fourth-order valence-corrected chi connectivity index (χ4v) is 1.65. The number of rotatable bonds is 2. The number of hydrogen-bond donors (Lipinski definition) is 0. The van der Waals surface area contributed by atoms with Crippen LogP contribution in [0, 0.1) is 0 Å². The summed E-state index contributed by atoms with van der Waals surface area (Å²) in [6.45, 7) is -0.118. The third kappa shape index (κ3) is 2.40. The average Bonchev–Trinajstić information content (AvgIpc) is 2.25. The smallest absolute Gasteiger partial charge is 0.548 e. The van der Waals surface area contributed by atoms with Crippen LogP contribution in [0.2, 0.25) is 0 Å². The van der Waals surface area contributed by atoms with Crippen molar-refractivity contribution in [1.29, 1.82) is 0 Å². The van der Waals surface area contributed by atoms with Gasteiger partial charge < -0.3 is 9.90 Å². The Kier molecular flexibility index (Phi) is 5.81. The van der Waals surface area contributed by atoms with Crippen LogP contribution in [0.5, 0.6) is 0 Å². The van der Waals surface area contributed by atoms with E-state index < -0.39 is 46.8 Å². The van der Waals surface area contributed by atoms with E-state index in [0.29, 0.717) is 0 Å². The number of piperidine rings is 1. The zero-order chi connectivity index (χ0) is 17.2. The van der Waals surface area contributed by atoms with Gasteiger partial charge in [0.1, 0.15) is 0 Å². The molecule has 124 valence electrons. The van der Waals surface area contributed by atoms with Gasteiger partial charge >= 0.3 is 81.2 Å². The fraction of sp³-hybridized carbons (Fsp3) is 0.875. The van der Waals surface area contributed by atoms with Gasteiger partial charge in [0.2, 0.25) is 0 Å². The maximum absolute atomic E-state index is 13.2. The van der Waals surface area contributed by atoms with Gasteiger partial charge in [0.15, 0.2) is 0 Å². The Morgan fingerprint density at radius 3 is 1.32 bits per heavy atom. The second kappa shape index (κ2) is 5.72. The van der Waals surface area contributed by atoms with Gasteiger partial charge in [0.05, 0.1) is 12.0 Å². The van der Waals surface area contributed by atoms with Crippen molar-refractivity contribution in [2.24, 2.45) is 0 Å². The number of carboxylic acid groups (broad SMARTS) is 1. The molecule has 0 saturated carbocycles. The van der Waals surface area contributed by atoms with E-state index in [4.69, 9.17) is 0 Å². The van der Waals surface area contributed by atoms with Crippen LogP contribution in [-0.4, -0.2) is 46.8 Å².